The summed E-state index contributed by atoms with van der Waals surface area (Å²) in [4.78, 5) is 8.29. The maximum absolute atomic E-state index is 4.21. The normalized spacial score (nSPS) is 10.4. The van der Waals surface area contributed by atoms with Crippen molar-refractivity contribution in [3.8, 4) is 22.3 Å². The molecule has 92 valence electrons. The molecule has 0 saturated carbocycles. The van der Waals surface area contributed by atoms with Gasteiger partial charge in [-0.3, -0.25) is 9.97 Å². The highest BCUT2D eigenvalue weighted by Crippen LogP contribution is 2.32. The number of hydrogen-bond donors (Lipinski definition) is 0. The molecule has 0 aliphatic heterocycles. The van der Waals surface area contributed by atoms with E-state index in [4.69, 9.17) is 0 Å². The van der Waals surface area contributed by atoms with Gasteiger partial charge in [0.15, 0.2) is 0 Å². The Morgan fingerprint density at radius 3 is 2.32 bits per heavy atom. The van der Waals surface area contributed by atoms with Gasteiger partial charge in [-0.15, -0.1) is 0 Å². The van der Waals surface area contributed by atoms with E-state index in [0.717, 1.165) is 5.56 Å². The van der Waals surface area contributed by atoms with Gasteiger partial charge in [-0.1, -0.05) is 12.1 Å². The predicted octanol–water partition coefficient (Wildman–Crippen LogP) is 4.42. The molecule has 1 aromatic carbocycles. The highest BCUT2D eigenvalue weighted by atomic mass is 127. The topological polar surface area (TPSA) is 25.8 Å². The van der Waals surface area contributed by atoms with E-state index in [0.29, 0.717) is 0 Å². The van der Waals surface area contributed by atoms with E-state index in [9.17, 15) is 0 Å². The van der Waals surface area contributed by atoms with Crippen LogP contribution in [0.15, 0.2) is 67.3 Å². The Morgan fingerprint density at radius 1 is 0.737 bits per heavy atom. The Kier molecular flexibility index (Phi) is 3.55. The lowest BCUT2D eigenvalue weighted by Gasteiger charge is -2.10. The van der Waals surface area contributed by atoms with Gasteiger partial charge in [-0.25, -0.2) is 0 Å². The van der Waals surface area contributed by atoms with E-state index in [1.54, 1.807) is 6.20 Å². The number of aromatic nitrogens is 2. The van der Waals surface area contributed by atoms with Crippen LogP contribution in [0.25, 0.3) is 22.3 Å². The monoisotopic (exact) mass is 358 g/mol. The highest BCUT2D eigenvalue weighted by Gasteiger charge is 2.07. The first kappa shape index (κ1) is 12.3. The first-order valence-corrected chi connectivity index (χ1v) is 7.03. The second kappa shape index (κ2) is 5.48. The fraction of sp³-hybridized carbons (Fsp3) is 0. The quantitative estimate of drug-likeness (QED) is 0.634. The summed E-state index contributed by atoms with van der Waals surface area (Å²) in [5.41, 5.74) is 4.71. The minimum absolute atomic E-state index is 1.13. The molecule has 0 atom stereocenters. The van der Waals surface area contributed by atoms with Crippen LogP contribution in [0, 0.1) is 3.57 Å². The summed E-state index contributed by atoms with van der Waals surface area (Å²) in [6.07, 6.45) is 7.33. The van der Waals surface area contributed by atoms with E-state index in [1.807, 2.05) is 36.8 Å². The molecule has 2 nitrogen and oxygen atoms in total. The van der Waals surface area contributed by atoms with Crippen molar-refractivity contribution in [2.75, 3.05) is 0 Å². The zero-order chi connectivity index (χ0) is 13.1. The predicted molar refractivity (Wildman–Crippen MR) is 85.6 cm³/mol. The molecule has 0 aliphatic rings. The Bertz CT molecular complexity index is 682. The molecule has 3 heteroatoms. The molecule has 0 saturated heterocycles. The smallest absolute Gasteiger partial charge is 0.0346 e. The highest BCUT2D eigenvalue weighted by molar-refractivity contribution is 14.1. The van der Waals surface area contributed by atoms with Crippen LogP contribution in [0.4, 0.5) is 0 Å². The average Bonchev–Trinajstić information content (AvgIpc) is 2.49. The SMILES string of the molecule is Ic1ccc(-c2ccncc2)c(-c2cccnc2)c1. The summed E-state index contributed by atoms with van der Waals surface area (Å²) in [6.45, 7) is 0. The van der Waals surface area contributed by atoms with Crippen molar-refractivity contribution in [2.24, 2.45) is 0 Å². The molecule has 0 aliphatic carbocycles. The van der Waals surface area contributed by atoms with Gasteiger partial charge >= 0.3 is 0 Å². The van der Waals surface area contributed by atoms with Crippen LogP contribution in [0.1, 0.15) is 0 Å². The maximum Gasteiger partial charge on any atom is 0.0346 e. The summed E-state index contributed by atoms with van der Waals surface area (Å²) in [6, 6.07) is 14.6. The van der Waals surface area contributed by atoms with Crippen molar-refractivity contribution in [3.63, 3.8) is 0 Å². The largest absolute Gasteiger partial charge is 0.265 e. The molecule has 19 heavy (non-hydrogen) atoms. The molecule has 0 bridgehead atoms. The second-order valence-corrected chi connectivity index (χ2v) is 5.41. The molecule has 2 heterocycles. The van der Waals surface area contributed by atoms with Gasteiger partial charge in [0, 0.05) is 33.9 Å². The molecule has 0 unspecified atom stereocenters. The lowest BCUT2D eigenvalue weighted by atomic mass is 9.96. The second-order valence-electron chi connectivity index (χ2n) is 4.17. The van der Waals surface area contributed by atoms with Gasteiger partial charge in [-0.05, 0) is 69.6 Å². The van der Waals surface area contributed by atoms with Crippen LogP contribution >= 0.6 is 22.6 Å². The van der Waals surface area contributed by atoms with Crippen LogP contribution in [-0.2, 0) is 0 Å². The first-order chi connectivity index (χ1) is 9.34. The standard InChI is InChI=1S/C16H11IN2/c17-14-3-4-15(12-5-8-18-9-6-12)16(10-14)13-2-1-7-19-11-13/h1-11H. The van der Waals surface area contributed by atoms with Gasteiger partial charge in [-0.2, -0.15) is 0 Å². The van der Waals surface area contributed by atoms with Crippen molar-refractivity contribution >= 4 is 22.6 Å². The molecule has 0 amide bonds. The van der Waals surface area contributed by atoms with Gasteiger partial charge < -0.3 is 0 Å². The van der Waals surface area contributed by atoms with E-state index in [1.165, 1.54) is 20.3 Å². The maximum atomic E-state index is 4.21. The van der Waals surface area contributed by atoms with Crippen molar-refractivity contribution in [3.05, 3.63) is 70.8 Å². The van der Waals surface area contributed by atoms with Gasteiger partial charge in [0.1, 0.15) is 0 Å². The Morgan fingerprint density at radius 2 is 1.58 bits per heavy atom. The van der Waals surface area contributed by atoms with Crippen LogP contribution in [0.5, 0.6) is 0 Å². The molecule has 0 spiro atoms. The minimum Gasteiger partial charge on any atom is -0.265 e. The van der Waals surface area contributed by atoms with E-state index >= 15 is 0 Å². The number of halogens is 1. The first-order valence-electron chi connectivity index (χ1n) is 5.95. The van der Waals surface area contributed by atoms with Crippen molar-refractivity contribution in [2.45, 2.75) is 0 Å². The summed E-state index contributed by atoms with van der Waals surface area (Å²) < 4.78 is 1.22. The van der Waals surface area contributed by atoms with Crippen molar-refractivity contribution in [1.82, 2.24) is 9.97 Å². The van der Waals surface area contributed by atoms with Crippen LogP contribution in [0.3, 0.4) is 0 Å². The van der Waals surface area contributed by atoms with Gasteiger partial charge in [0.2, 0.25) is 0 Å². The molecule has 0 fully saturated rings. The fourth-order valence-electron chi connectivity index (χ4n) is 2.06. The van der Waals surface area contributed by atoms with Gasteiger partial charge in [0.05, 0.1) is 0 Å². The molecular weight excluding hydrogens is 347 g/mol. The number of hydrogen-bond acceptors (Lipinski definition) is 2. The minimum atomic E-state index is 1.13. The van der Waals surface area contributed by atoms with E-state index in [2.05, 4.69) is 56.8 Å². The lowest BCUT2D eigenvalue weighted by molar-refractivity contribution is 1.32. The van der Waals surface area contributed by atoms with Crippen molar-refractivity contribution < 1.29 is 0 Å². The van der Waals surface area contributed by atoms with Crippen LogP contribution < -0.4 is 0 Å². The number of benzene rings is 1. The Hall–Kier alpha value is -1.75. The summed E-state index contributed by atoms with van der Waals surface area (Å²) >= 11 is 2.34. The average molecular weight is 358 g/mol. The summed E-state index contributed by atoms with van der Waals surface area (Å²) in [5, 5.41) is 0. The summed E-state index contributed by atoms with van der Waals surface area (Å²) in [7, 11) is 0. The Labute approximate surface area is 125 Å². The third-order valence-corrected chi connectivity index (χ3v) is 3.62. The molecule has 0 N–H and O–H groups in total. The molecular formula is C16H11IN2. The molecule has 3 aromatic rings. The van der Waals surface area contributed by atoms with E-state index < -0.39 is 0 Å². The number of nitrogens with zero attached hydrogens (tertiary/aromatic N) is 2. The molecule has 2 aromatic heterocycles. The fourth-order valence-corrected chi connectivity index (χ4v) is 2.55. The van der Waals surface area contributed by atoms with Crippen LogP contribution in [-0.4, -0.2) is 9.97 Å². The lowest BCUT2D eigenvalue weighted by Crippen LogP contribution is -1.87. The third-order valence-electron chi connectivity index (χ3n) is 2.95. The third kappa shape index (κ3) is 2.66. The van der Waals surface area contributed by atoms with Gasteiger partial charge in [0.25, 0.3) is 0 Å². The number of pyridine rings is 2. The van der Waals surface area contributed by atoms with Crippen LogP contribution in [0.2, 0.25) is 0 Å². The summed E-state index contributed by atoms with van der Waals surface area (Å²) in [5.74, 6) is 0. The Balaban J connectivity index is 2.21. The zero-order valence-corrected chi connectivity index (χ0v) is 12.3. The van der Waals surface area contributed by atoms with E-state index in [-0.39, 0.29) is 0 Å². The number of rotatable bonds is 2. The van der Waals surface area contributed by atoms with Crippen molar-refractivity contribution in [1.29, 1.82) is 0 Å². The molecule has 0 radical (unpaired) electrons. The molecule has 3 rings (SSSR count). The zero-order valence-electron chi connectivity index (χ0n) is 10.1.